The highest BCUT2D eigenvalue weighted by Crippen LogP contribution is 2.12. The summed E-state index contributed by atoms with van der Waals surface area (Å²) in [6.45, 7) is 1.67. The summed E-state index contributed by atoms with van der Waals surface area (Å²) in [6, 6.07) is 9.03. The predicted octanol–water partition coefficient (Wildman–Crippen LogP) is 1.48. The third kappa shape index (κ3) is 1.61. The van der Waals surface area contributed by atoms with Crippen LogP contribution in [0.5, 0.6) is 0 Å². The SMILES string of the molecule is C/C(=N/N)c1cc2ccccc2oc1=O. The minimum atomic E-state index is -0.416. The molecule has 0 bridgehead atoms. The lowest BCUT2D eigenvalue weighted by atomic mass is 10.1. The van der Waals surface area contributed by atoms with Gasteiger partial charge in [-0.1, -0.05) is 18.2 Å². The number of nitrogens with zero attached hydrogens (tertiary/aromatic N) is 1. The minimum Gasteiger partial charge on any atom is -0.422 e. The molecule has 0 aliphatic rings. The van der Waals surface area contributed by atoms with Crippen LogP contribution in [0.3, 0.4) is 0 Å². The van der Waals surface area contributed by atoms with Crippen molar-refractivity contribution < 1.29 is 4.42 Å². The fraction of sp³-hybridized carbons (Fsp3) is 0.0909. The third-order valence-electron chi connectivity index (χ3n) is 2.22. The van der Waals surface area contributed by atoms with Crippen LogP contribution in [0.15, 0.2) is 44.6 Å². The van der Waals surface area contributed by atoms with Crippen LogP contribution in [0.4, 0.5) is 0 Å². The fourth-order valence-electron chi connectivity index (χ4n) is 1.38. The van der Waals surface area contributed by atoms with Gasteiger partial charge in [-0.3, -0.25) is 0 Å². The summed E-state index contributed by atoms with van der Waals surface area (Å²) in [5, 5.41) is 4.34. The van der Waals surface area contributed by atoms with Gasteiger partial charge in [-0.05, 0) is 19.1 Å². The summed E-state index contributed by atoms with van der Waals surface area (Å²) < 4.78 is 5.12. The first-order chi connectivity index (χ1) is 7.22. The van der Waals surface area contributed by atoms with Gasteiger partial charge in [0.05, 0.1) is 11.3 Å². The normalized spacial score (nSPS) is 11.9. The van der Waals surface area contributed by atoms with Gasteiger partial charge < -0.3 is 10.3 Å². The summed E-state index contributed by atoms with van der Waals surface area (Å²) in [5.74, 6) is 5.12. The van der Waals surface area contributed by atoms with Gasteiger partial charge in [-0.2, -0.15) is 5.10 Å². The van der Waals surface area contributed by atoms with Gasteiger partial charge in [-0.15, -0.1) is 0 Å². The zero-order valence-electron chi connectivity index (χ0n) is 8.23. The standard InChI is InChI=1S/C11H10N2O2/c1-7(13-12)9-6-8-4-2-3-5-10(8)15-11(9)14/h2-6H,12H2,1H3/b13-7-. The van der Waals surface area contributed by atoms with Gasteiger partial charge in [0.15, 0.2) is 0 Å². The van der Waals surface area contributed by atoms with Crippen molar-refractivity contribution in [3.8, 4) is 0 Å². The topological polar surface area (TPSA) is 68.6 Å². The quantitative estimate of drug-likeness (QED) is 0.329. The lowest BCUT2D eigenvalue weighted by molar-refractivity contribution is 0.559. The molecule has 0 fully saturated rings. The number of fused-ring (bicyclic) bond motifs is 1. The van der Waals surface area contributed by atoms with E-state index >= 15 is 0 Å². The van der Waals surface area contributed by atoms with Gasteiger partial charge in [0, 0.05) is 5.39 Å². The first-order valence-corrected chi connectivity index (χ1v) is 4.50. The van der Waals surface area contributed by atoms with Crippen molar-refractivity contribution in [3.05, 3.63) is 46.3 Å². The minimum absolute atomic E-state index is 0.399. The number of hydrazone groups is 1. The molecule has 1 heterocycles. The lowest BCUT2D eigenvalue weighted by Gasteiger charge is -1.99. The highest BCUT2D eigenvalue weighted by atomic mass is 16.4. The number of hydrogen-bond acceptors (Lipinski definition) is 4. The zero-order chi connectivity index (χ0) is 10.8. The average Bonchev–Trinajstić information content (AvgIpc) is 2.27. The maximum absolute atomic E-state index is 11.5. The van der Waals surface area contributed by atoms with Gasteiger partial charge >= 0.3 is 5.63 Å². The molecule has 1 aromatic heterocycles. The third-order valence-corrected chi connectivity index (χ3v) is 2.22. The Kier molecular flexibility index (Phi) is 2.25. The maximum Gasteiger partial charge on any atom is 0.345 e. The number of para-hydroxylation sites is 1. The number of benzene rings is 1. The second kappa shape index (κ2) is 3.57. The summed E-state index contributed by atoms with van der Waals surface area (Å²) in [6.07, 6.45) is 0. The van der Waals surface area contributed by atoms with Crippen molar-refractivity contribution >= 4 is 16.7 Å². The van der Waals surface area contributed by atoms with E-state index < -0.39 is 5.63 Å². The Bertz CT molecular complexity index is 584. The van der Waals surface area contributed by atoms with E-state index in [4.69, 9.17) is 10.3 Å². The molecule has 15 heavy (non-hydrogen) atoms. The molecule has 0 unspecified atom stereocenters. The molecule has 2 rings (SSSR count). The van der Waals surface area contributed by atoms with Crippen LogP contribution in [-0.4, -0.2) is 5.71 Å². The second-order valence-corrected chi connectivity index (χ2v) is 3.20. The van der Waals surface area contributed by atoms with E-state index in [2.05, 4.69) is 5.10 Å². The molecular formula is C11H10N2O2. The molecule has 2 N–H and O–H groups in total. The Morgan fingerprint density at radius 1 is 1.40 bits per heavy atom. The molecule has 0 spiro atoms. The largest absolute Gasteiger partial charge is 0.422 e. The monoisotopic (exact) mass is 202 g/mol. The molecule has 2 aromatic rings. The van der Waals surface area contributed by atoms with Crippen LogP contribution in [0.25, 0.3) is 11.0 Å². The van der Waals surface area contributed by atoms with Crippen molar-refractivity contribution in [1.82, 2.24) is 0 Å². The van der Waals surface area contributed by atoms with E-state index in [1.54, 1.807) is 19.1 Å². The van der Waals surface area contributed by atoms with Crippen LogP contribution < -0.4 is 11.5 Å². The Morgan fingerprint density at radius 2 is 2.13 bits per heavy atom. The van der Waals surface area contributed by atoms with Crippen molar-refractivity contribution in [2.24, 2.45) is 10.9 Å². The summed E-state index contributed by atoms with van der Waals surface area (Å²) in [4.78, 5) is 11.5. The molecule has 0 atom stereocenters. The van der Waals surface area contributed by atoms with E-state index in [0.29, 0.717) is 16.9 Å². The molecule has 0 saturated heterocycles. The van der Waals surface area contributed by atoms with E-state index in [1.807, 2.05) is 18.2 Å². The van der Waals surface area contributed by atoms with Crippen molar-refractivity contribution in [1.29, 1.82) is 0 Å². The molecule has 0 amide bonds. The molecule has 76 valence electrons. The van der Waals surface area contributed by atoms with Crippen molar-refractivity contribution in [2.75, 3.05) is 0 Å². The van der Waals surface area contributed by atoms with Crippen LogP contribution in [-0.2, 0) is 0 Å². The first-order valence-electron chi connectivity index (χ1n) is 4.50. The summed E-state index contributed by atoms with van der Waals surface area (Å²) >= 11 is 0. The van der Waals surface area contributed by atoms with E-state index in [9.17, 15) is 4.79 Å². The highest BCUT2D eigenvalue weighted by molar-refractivity contribution is 6.00. The molecule has 0 aliphatic heterocycles. The summed E-state index contributed by atoms with van der Waals surface area (Å²) in [7, 11) is 0. The van der Waals surface area contributed by atoms with Crippen LogP contribution >= 0.6 is 0 Å². The van der Waals surface area contributed by atoms with Gasteiger partial charge in [-0.25, -0.2) is 4.79 Å². The molecule has 4 heteroatoms. The van der Waals surface area contributed by atoms with E-state index in [0.717, 1.165) is 5.39 Å². The smallest absolute Gasteiger partial charge is 0.345 e. The fourth-order valence-corrected chi connectivity index (χ4v) is 1.38. The van der Waals surface area contributed by atoms with Crippen molar-refractivity contribution in [2.45, 2.75) is 6.92 Å². The van der Waals surface area contributed by atoms with E-state index in [1.165, 1.54) is 0 Å². The maximum atomic E-state index is 11.5. The molecule has 1 aromatic carbocycles. The van der Waals surface area contributed by atoms with E-state index in [-0.39, 0.29) is 0 Å². The molecule has 0 radical (unpaired) electrons. The predicted molar refractivity (Wildman–Crippen MR) is 58.9 cm³/mol. The Hall–Kier alpha value is -2.10. The van der Waals surface area contributed by atoms with Crippen LogP contribution in [0.1, 0.15) is 12.5 Å². The van der Waals surface area contributed by atoms with Gasteiger partial charge in [0.2, 0.25) is 0 Å². The van der Waals surface area contributed by atoms with Crippen molar-refractivity contribution in [3.63, 3.8) is 0 Å². The average molecular weight is 202 g/mol. The number of nitrogens with two attached hydrogens (primary N) is 1. The Labute approximate surface area is 86.0 Å². The highest BCUT2D eigenvalue weighted by Gasteiger charge is 2.07. The van der Waals surface area contributed by atoms with Crippen LogP contribution in [0, 0.1) is 0 Å². The molecule has 0 aliphatic carbocycles. The van der Waals surface area contributed by atoms with Gasteiger partial charge in [0.1, 0.15) is 5.58 Å². The first kappa shape index (κ1) is 9.45. The Morgan fingerprint density at radius 3 is 2.87 bits per heavy atom. The van der Waals surface area contributed by atoms with Gasteiger partial charge in [0.25, 0.3) is 0 Å². The molecule has 0 saturated carbocycles. The molecular weight excluding hydrogens is 192 g/mol. The number of hydrogen-bond donors (Lipinski definition) is 1. The lowest BCUT2D eigenvalue weighted by Crippen LogP contribution is -2.13. The number of rotatable bonds is 1. The molecule has 4 nitrogen and oxygen atoms in total. The van der Waals surface area contributed by atoms with Crippen LogP contribution in [0.2, 0.25) is 0 Å². The Balaban J connectivity index is 2.78. The zero-order valence-corrected chi connectivity index (χ0v) is 8.23. The second-order valence-electron chi connectivity index (χ2n) is 3.20. The summed E-state index contributed by atoms with van der Waals surface area (Å²) in [5.41, 5.74) is 1.02.